The van der Waals surface area contributed by atoms with Gasteiger partial charge in [-0.05, 0) is 26.7 Å². The van der Waals surface area contributed by atoms with Crippen molar-refractivity contribution >= 4 is 5.91 Å². The summed E-state index contributed by atoms with van der Waals surface area (Å²) in [7, 11) is 1.97. The number of aryl methyl sites for hydroxylation is 2. The van der Waals surface area contributed by atoms with Crippen molar-refractivity contribution in [1.82, 2.24) is 34.4 Å². The van der Waals surface area contributed by atoms with Crippen LogP contribution in [0.15, 0.2) is 31.1 Å². The standard InChI is InChI=1S/C20H23N7O/c1-13-16(7-22-12-24-13)20(28)27-6-4-5-15(11-27)17-8-21-9-18(25-17)19-10-23-14(2)26(19)3/h7-10,12,15H,4-6,11H2,1-3H3/t15-/m1/s1. The Hall–Kier alpha value is -3.16. The molecule has 0 aliphatic carbocycles. The molecule has 1 aliphatic rings. The Morgan fingerprint density at radius 2 is 1.96 bits per heavy atom. The lowest BCUT2D eigenvalue weighted by Crippen LogP contribution is -2.39. The van der Waals surface area contributed by atoms with Gasteiger partial charge in [0.1, 0.15) is 17.8 Å². The predicted octanol–water partition coefficient (Wildman–Crippen LogP) is 2.30. The maximum Gasteiger partial charge on any atom is 0.257 e. The van der Waals surface area contributed by atoms with Crippen LogP contribution in [0.4, 0.5) is 0 Å². The summed E-state index contributed by atoms with van der Waals surface area (Å²) < 4.78 is 2.00. The van der Waals surface area contributed by atoms with E-state index in [-0.39, 0.29) is 11.8 Å². The Bertz CT molecular complexity index is 1010. The Balaban J connectivity index is 1.57. The predicted molar refractivity (Wildman–Crippen MR) is 104 cm³/mol. The lowest BCUT2D eigenvalue weighted by atomic mass is 9.94. The number of likely N-dealkylation sites (tertiary alicyclic amines) is 1. The fourth-order valence-corrected chi connectivity index (χ4v) is 3.62. The zero-order valence-electron chi connectivity index (χ0n) is 16.3. The summed E-state index contributed by atoms with van der Waals surface area (Å²) in [6, 6.07) is 0. The van der Waals surface area contributed by atoms with Gasteiger partial charge in [0.2, 0.25) is 0 Å². The average Bonchev–Trinajstić information content (AvgIpc) is 3.07. The summed E-state index contributed by atoms with van der Waals surface area (Å²) in [6.45, 7) is 5.15. The highest BCUT2D eigenvalue weighted by Gasteiger charge is 2.28. The van der Waals surface area contributed by atoms with Crippen LogP contribution in [0.3, 0.4) is 0 Å². The van der Waals surface area contributed by atoms with E-state index in [1.54, 1.807) is 12.4 Å². The molecule has 0 aromatic carbocycles. The van der Waals surface area contributed by atoms with Crippen LogP contribution < -0.4 is 0 Å². The molecule has 1 fully saturated rings. The zero-order valence-corrected chi connectivity index (χ0v) is 16.3. The monoisotopic (exact) mass is 377 g/mol. The van der Waals surface area contributed by atoms with Gasteiger partial charge in [-0.2, -0.15) is 0 Å². The van der Waals surface area contributed by atoms with Crippen molar-refractivity contribution in [3.05, 3.63) is 53.9 Å². The van der Waals surface area contributed by atoms with Gasteiger partial charge in [-0.25, -0.2) is 19.9 Å². The summed E-state index contributed by atoms with van der Waals surface area (Å²) in [6.07, 6.45) is 10.4. The first kappa shape index (κ1) is 18.2. The molecule has 1 aliphatic heterocycles. The van der Waals surface area contributed by atoms with E-state index in [4.69, 9.17) is 4.98 Å². The molecule has 0 spiro atoms. The van der Waals surface area contributed by atoms with E-state index in [1.807, 2.05) is 42.8 Å². The molecule has 144 valence electrons. The minimum absolute atomic E-state index is 0.0193. The highest BCUT2D eigenvalue weighted by Crippen LogP contribution is 2.28. The molecule has 8 nitrogen and oxygen atoms in total. The van der Waals surface area contributed by atoms with E-state index in [2.05, 4.69) is 19.9 Å². The van der Waals surface area contributed by atoms with Gasteiger partial charge in [-0.3, -0.25) is 9.78 Å². The van der Waals surface area contributed by atoms with E-state index in [0.29, 0.717) is 17.8 Å². The first-order valence-electron chi connectivity index (χ1n) is 9.41. The molecule has 3 aromatic heterocycles. The Kier molecular flexibility index (Phi) is 4.85. The third kappa shape index (κ3) is 3.37. The van der Waals surface area contributed by atoms with Gasteiger partial charge in [0.15, 0.2) is 0 Å². The normalized spacial score (nSPS) is 17.0. The molecule has 0 N–H and O–H groups in total. The van der Waals surface area contributed by atoms with Crippen LogP contribution in [0.5, 0.6) is 0 Å². The smallest absolute Gasteiger partial charge is 0.257 e. The highest BCUT2D eigenvalue weighted by atomic mass is 16.2. The number of hydrogen-bond donors (Lipinski definition) is 0. The molecule has 3 aromatic rings. The van der Waals surface area contributed by atoms with Gasteiger partial charge in [0, 0.05) is 38.4 Å². The molecule has 0 unspecified atom stereocenters. The number of carbonyl (C=O) groups is 1. The highest BCUT2D eigenvalue weighted by molar-refractivity contribution is 5.95. The van der Waals surface area contributed by atoms with Crippen molar-refractivity contribution in [1.29, 1.82) is 0 Å². The van der Waals surface area contributed by atoms with E-state index >= 15 is 0 Å². The number of rotatable bonds is 3. The number of piperidine rings is 1. The third-order valence-corrected chi connectivity index (χ3v) is 5.40. The second-order valence-electron chi connectivity index (χ2n) is 7.19. The van der Waals surface area contributed by atoms with Gasteiger partial charge in [-0.15, -0.1) is 0 Å². The fourth-order valence-electron chi connectivity index (χ4n) is 3.62. The number of hydrogen-bond acceptors (Lipinski definition) is 6. The minimum atomic E-state index is -0.0193. The van der Waals surface area contributed by atoms with Crippen molar-refractivity contribution in [3.8, 4) is 11.4 Å². The number of aromatic nitrogens is 6. The Morgan fingerprint density at radius 3 is 2.71 bits per heavy atom. The van der Waals surface area contributed by atoms with Crippen molar-refractivity contribution in [2.75, 3.05) is 13.1 Å². The van der Waals surface area contributed by atoms with Crippen molar-refractivity contribution < 1.29 is 4.79 Å². The van der Waals surface area contributed by atoms with Crippen molar-refractivity contribution in [2.24, 2.45) is 7.05 Å². The van der Waals surface area contributed by atoms with Gasteiger partial charge in [-0.1, -0.05) is 0 Å². The van der Waals surface area contributed by atoms with Gasteiger partial charge in [0.25, 0.3) is 5.91 Å². The SMILES string of the molecule is Cc1ncncc1C(=O)N1CCC[C@@H](c2cncc(-c3cnc(C)n3C)n2)C1. The number of nitrogens with zero attached hydrogens (tertiary/aromatic N) is 7. The maximum absolute atomic E-state index is 12.9. The molecule has 4 heterocycles. The zero-order chi connectivity index (χ0) is 19.7. The second kappa shape index (κ2) is 7.46. The molecule has 4 rings (SSSR count). The molecular formula is C20H23N7O. The molecule has 28 heavy (non-hydrogen) atoms. The molecule has 8 heteroatoms. The molecule has 0 radical (unpaired) electrons. The second-order valence-corrected chi connectivity index (χ2v) is 7.19. The summed E-state index contributed by atoms with van der Waals surface area (Å²) >= 11 is 0. The van der Waals surface area contributed by atoms with Crippen LogP contribution in [0.2, 0.25) is 0 Å². The largest absolute Gasteiger partial charge is 0.338 e. The van der Waals surface area contributed by atoms with E-state index in [9.17, 15) is 4.79 Å². The molecule has 1 atom stereocenters. The van der Waals surface area contributed by atoms with Gasteiger partial charge >= 0.3 is 0 Å². The van der Waals surface area contributed by atoms with E-state index in [1.165, 1.54) is 6.33 Å². The average molecular weight is 377 g/mol. The topological polar surface area (TPSA) is 89.7 Å². The summed E-state index contributed by atoms with van der Waals surface area (Å²) in [5.41, 5.74) is 3.92. The van der Waals surface area contributed by atoms with Crippen molar-refractivity contribution in [2.45, 2.75) is 32.6 Å². The quantitative estimate of drug-likeness (QED) is 0.696. The van der Waals surface area contributed by atoms with E-state index in [0.717, 1.165) is 42.3 Å². The minimum Gasteiger partial charge on any atom is -0.338 e. The van der Waals surface area contributed by atoms with Crippen LogP contribution in [0, 0.1) is 13.8 Å². The molecule has 0 saturated carbocycles. The van der Waals surface area contributed by atoms with Crippen LogP contribution in [0.1, 0.15) is 46.3 Å². The number of imidazole rings is 1. The summed E-state index contributed by atoms with van der Waals surface area (Å²) in [5.74, 6) is 1.07. The number of amides is 1. The lowest BCUT2D eigenvalue weighted by molar-refractivity contribution is 0.0704. The Morgan fingerprint density at radius 1 is 1.11 bits per heavy atom. The third-order valence-electron chi connectivity index (χ3n) is 5.40. The molecular weight excluding hydrogens is 354 g/mol. The lowest BCUT2D eigenvalue weighted by Gasteiger charge is -2.32. The first-order valence-corrected chi connectivity index (χ1v) is 9.41. The van der Waals surface area contributed by atoms with E-state index < -0.39 is 0 Å². The van der Waals surface area contributed by atoms with Gasteiger partial charge in [0.05, 0.1) is 35.0 Å². The van der Waals surface area contributed by atoms with Crippen LogP contribution in [-0.2, 0) is 7.05 Å². The first-order chi connectivity index (χ1) is 13.5. The molecule has 0 bridgehead atoms. The van der Waals surface area contributed by atoms with Crippen molar-refractivity contribution in [3.63, 3.8) is 0 Å². The van der Waals surface area contributed by atoms with Crippen LogP contribution >= 0.6 is 0 Å². The van der Waals surface area contributed by atoms with Crippen LogP contribution in [0.25, 0.3) is 11.4 Å². The number of carbonyl (C=O) groups excluding carboxylic acids is 1. The molecule has 1 saturated heterocycles. The fraction of sp³-hybridized carbons (Fsp3) is 0.400. The molecule has 1 amide bonds. The maximum atomic E-state index is 12.9. The Labute approximate surface area is 163 Å². The summed E-state index contributed by atoms with van der Waals surface area (Å²) in [4.78, 5) is 36.5. The summed E-state index contributed by atoms with van der Waals surface area (Å²) in [5, 5.41) is 0. The van der Waals surface area contributed by atoms with Crippen LogP contribution in [-0.4, -0.2) is 53.4 Å². The van der Waals surface area contributed by atoms with Gasteiger partial charge < -0.3 is 9.47 Å².